The highest BCUT2D eigenvalue weighted by molar-refractivity contribution is 5.86. The van der Waals surface area contributed by atoms with E-state index in [1.807, 2.05) is 6.92 Å². The van der Waals surface area contributed by atoms with Crippen molar-refractivity contribution in [2.75, 3.05) is 34.3 Å². The first-order valence-corrected chi connectivity index (χ1v) is 6.32. The van der Waals surface area contributed by atoms with Crippen LogP contribution in [0.15, 0.2) is 16.5 Å². The van der Waals surface area contributed by atoms with Gasteiger partial charge in [0, 0.05) is 27.2 Å². The number of carbonyl (C=O) groups is 2. The minimum Gasteiger partial charge on any atom is -0.463 e. The Morgan fingerprint density at radius 2 is 2.05 bits per heavy atom. The van der Waals surface area contributed by atoms with Crippen LogP contribution in [0.25, 0.3) is 0 Å². The minimum absolute atomic E-state index is 0.0651. The summed E-state index contributed by atoms with van der Waals surface area (Å²) in [6.07, 6.45) is 0. The molecule has 1 aromatic heterocycles. The molecule has 0 aliphatic rings. The molecule has 112 valence electrons. The number of furan rings is 1. The van der Waals surface area contributed by atoms with Crippen LogP contribution in [0.3, 0.4) is 0 Å². The number of methoxy groups -OCH3 is 1. The van der Waals surface area contributed by atoms with Crippen molar-refractivity contribution in [1.82, 2.24) is 15.5 Å². The second-order valence-electron chi connectivity index (χ2n) is 4.50. The first kappa shape index (κ1) is 16.0. The van der Waals surface area contributed by atoms with Gasteiger partial charge in [0.2, 0.25) is 5.76 Å². The molecule has 1 unspecified atom stereocenters. The highest BCUT2D eigenvalue weighted by atomic mass is 16.5. The topological polar surface area (TPSA) is 83.8 Å². The van der Waals surface area contributed by atoms with Gasteiger partial charge in [0.05, 0.1) is 13.2 Å². The van der Waals surface area contributed by atoms with Gasteiger partial charge in [-0.1, -0.05) is 0 Å². The van der Waals surface area contributed by atoms with Gasteiger partial charge in [0.15, 0.2) is 0 Å². The Morgan fingerprint density at radius 3 is 2.65 bits per heavy atom. The number of rotatable bonds is 6. The van der Waals surface area contributed by atoms with Crippen LogP contribution in [0.1, 0.15) is 29.3 Å². The maximum Gasteiger partial charge on any atom is 0.373 e. The maximum atomic E-state index is 11.3. The standard InChI is InChI=1S/C13H21N3O4/c1-9(14-7-8-15-13(18)16(2)3)10-5-6-11(20-10)12(17)19-4/h5-6,9,14H,7-8H2,1-4H3,(H,15,18). The molecule has 0 saturated heterocycles. The summed E-state index contributed by atoms with van der Waals surface area (Å²) in [5.74, 6) is 0.322. The first-order chi connectivity index (χ1) is 9.45. The van der Waals surface area contributed by atoms with Crippen LogP contribution < -0.4 is 10.6 Å². The SMILES string of the molecule is COC(=O)c1ccc(C(C)NCCNC(=O)N(C)C)o1. The van der Waals surface area contributed by atoms with E-state index in [1.165, 1.54) is 12.0 Å². The fourth-order valence-electron chi connectivity index (χ4n) is 1.51. The van der Waals surface area contributed by atoms with E-state index in [0.29, 0.717) is 18.8 Å². The van der Waals surface area contributed by atoms with E-state index >= 15 is 0 Å². The number of ether oxygens (including phenoxy) is 1. The van der Waals surface area contributed by atoms with Gasteiger partial charge in [-0.3, -0.25) is 0 Å². The Balaban J connectivity index is 2.36. The van der Waals surface area contributed by atoms with Crippen molar-refractivity contribution < 1.29 is 18.7 Å². The molecular formula is C13H21N3O4. The van der Waals surface area contributed by atoms with E-state index < -0.39 is 5.97 Å². The van der Waals surface area contributed by atoms with E-state index in [-0.39, 0.29) is 17.8 Å². The number of amides is 2. The van der Waals surface area contributed by atoms with E-state index in [9.17, 15) is 9.59 Å². The summed E-state index contributed by atoms with van der Waals surface area (Å²) in [7, 11) is 4.67. The van der Waals surface area contributed by atoms with E-state index in [4.69, 9.17) is 4.42 Å². The van der Waals surface area contributed by atoms with Crippen molar-refractivity contribution in [3.05, 3.63) is 23.7 Å². The second-order valence-corrected chi connectivity index (χ2v) is 4.50. The van der Waals surface area contributed by atoms with Gasteiger partial charge in [-0.15, -0.1) is 0 Å². The summed E-state index contributed by atoms with van der Waals surface area (Å²) in [6, 6.07) is 3.10. The van der Waals surface area contributed by atoms with Gasteiger partial charge in [0.25, 0.3) is 0 Å². The molecule has 20 heavy (non-hydrogen) atoms. The van der Waals surface area contributed by atoms with E-state index in [2.05, 4.69) is 15.4 Å². The van der Waals surface area contributed by atoms with Crippen LogP contribution in [-0.2, 0) is 4.74 Å². The third kappa shape index (κ3) is 4.58. The molecule has 0 radical (unpaired) electrons. The number of hydrogen-bond acceptors (Lipinski definition) is 5. The van der Waals surface area contributed by atoms with Gasteiger partial charge >= 0.3 is 12.0 Å². The summed E-state index contributed by atoms with van der Waals surface area (Å²) >= 11 is 0. The quantitative estimate of drug-likeness (QED) is 0.601. The zero-order valence-corrected chi connectivity index (χ0v) is 12.2. The molecule has 0 saturated carbocycles. The lowest BCUT2D eigenvalue weighted by Crippen LogP contribution is -2.38. The smallest absolute Gasteiger partial charge is 0.373 e. The number of esters is 1. The van der Waals surface area contributed by atoms with Gasteiger partial charge in [-0.25, -0.2) is 9.59 Å². The Bertz CT molecular complexity index is 456. The Morgan fingerprint density at radius 1 is 1.35 bits per heavy atom. The molecule has 1 heterocycles. The molecule has 0 fully saturated rings. The summed E-state index contributed by atoms with van der Waals surface area (Å²) in [4.78, 5) is 24.0. The average Bonchev–Trinajstić information content (AvgIpc) is 2.91. The molecule has 2 amide bonds. The van der Waals surface area contributed by atoms with Crippen molar-refractivity contribution >= 4 is 12.0 Å². The van der Waals surface area contributed by atoms with Gasteiger partial charge in [-0.05, 0) is 19.1 Å². The molecule has 7 nitrogen and oxygen atoms in total. The number of nitrogens with zero attached hydrogens (tertiary/aromatic N) is 1. The minimum atomic E-state index is -0.498. The Kier molecular flexibility index (Phi) is 6.05. The van der Waals surface area contributed by atoms with Crippen molar-refractivity contribution in [1.29, 1.82) is 0 Å². The van der Waals surface area contributed by atoms with E-state index in [1.54, 1.807) is 26.2 Å². The highest BCUT2D eigenvalue weighted by Gasteiger charge is 2.14. The molecule has 1 atom stereocenters. The normalized spacial score (nSPS) is 11.8. The summed E-state index contributed by atoms with van der Waals surface area (Å²) in [5.41, 5.74) is 0. The summed E-state index contributed by atoms with van der Waals surface area (Å²) in [5, 5.41) is 5.93. The van der Waals surface area contributed by atoms with Crippen molar-refractivity contribution in [3.8, 4) is 0 Å². The molecule has 0 spiro atoms. The fourth-order valence-corrected chi connectivity index (χ4v) is 1.51. The number of nitrogens with one attached hydrogen (secondary N) is 2. The average molecular weight is 283 g/mol. The van der Waals surface area contributed by atoms with Crippen LogP contribution in [0.5, 0.6) is 0 Å². The molecule has 1 aromatic rings. The predicted molar refractivity (Wildman–Crippen MR) is 73.6 cm³/mol. The summed E-state index contributed by atoms with van der Waals surface area (Å²) in [6.45, 7) is 3.01. The number of carbonyl (C=O) groups excluding carboxylic acids is 2. The molecule has 0 aromatic carbocycles. The Hall–Kier alpha value is -2.02. The highest BCUT2D eigenvalue weighted by Crippen LogP contribution is 2.16. The fraction of sp³-hybridized carbons (Fsp3) is 0.538. The lowest BCUT2D eigenvalue weighted by molar-refractivity contribution is 0.0562. The van der Waals surface area contributed by atoms with Crippen LogP contribution in [0, 0.1) is 0 Å². The van der Waals surface area contributed by atoms with Crippen LogP contribution in [0.2, 0.25) is 0 Å². The largest absolute Gasteiger partial charge is 0.463 e. The number of urea groups is 1. The van der Waals surface area contributed by atoms with Crippen molar-refractivity contribution in [2.24, 2.45) is 0 Å². The first-order valence-electron chi connectivity index (χ1n) is 6.32. The zero-order valence-electron chi connectivity index (χ0n) is 12.2. The molecule has 0 aliphatic heterocycles. The van der Waals surface area contributed by atoms with E-state index in [0.717, 1.165) is 0 Å². The van der Waals surface area contributed by atoms with Gasteiger partial charge in [0.1, 0.15) is 5.76 Å². The predicted octanol–water partition coefficient (Wildman–Crippen LogP) is 0.988. The van der Waals surface area contributed by atoms with Crippen molar-refractivity contribution in [2.45, 2.75) is 13.0 Å². The second kappa shape index (κ2) is 7.54. The van der Waals surface area contributed by atoms with Crippen LogP contribution in [-0.4, -0.2) is 51.2 Å². The molecule has 0 aliphatic carbocycles. The zero-order chi connectivity index (χ0) is 15.1. The maximum absolute atomic E-state index is 11.3. The Labute approximate surface area is 118 Å². The third-order valence-electron chi connectivity index (χ3n) is 2.70. The molecule has 7 heteroatoms. The molecule has 2 N–H and O–H groups in total. The lowest BCUT2D eigenvalue weighted by Gasteiger charge is -2.14. The van der Waals surface area contributed by atoms with Crippen molar-refractivity contribution in [3.63, 3.8) is 0 Å². The van der Waals surface area contributed by atoms with Gasteiger partial charge < -0.3 is 24.7 Å². The van der Waals surface area contributed by atoms with Crippen LogP contribution in [0.4, 0.5) is 4.79 Å². The summed E-state index contributed by atoms with van der Waals surface area (Å²) < 4.78 is 9.95. The molecule has 0 bridgehead atoms. The lowest BCUT2D eigenvalue weighted by atomic mass is 10.2. The van der Waals surface area contributed by atoms with Crippen LogP contribution >= 0.6 is 0 Å². The molecule has 1 rings (SSSR count). The molecular weight excluding hydrogens is 262 g/mol. The van der Waals surface area contributed by atoms with Gasteiger partial charge in [-0.2, -0.15) is 0 Å². The number of hydrogen-bond donors (Lipinski definition) is 2. The monoisotopic (exact) mass is 283 g/mol. The third-order valence-corrected chi connectivity index (χ3v) is 2.70.